The van der Waals surface area contributed by atoms with Gasteiger partial charge in [0.25, 0.3) is 0 Å². The molecule has 0 amide bonds. The smallest absolute Gasteiger partial charge is 0.138 e. The van der Waals surface area contributed by atoms with Gasteiger partial charge in [-0.05, 0) is 13.8 Å². The van der Waals surface area contributed by atoms with Crippen LogP contribution in [0, 0.1) is 0 Å². The molecule has 14 heavy (non-hydrogen) atoms. The van der Waals surface area contributed by atoms with Crippen LogP contribution in [0.5, 0.6) is 0 Å². The van der Waals surface area contributed by atoms with Crippen molar-refractivity contribution in [1.82, 2.24) is 25.4 Å². The average molecular weight is 195 g/mol. The van der Waals surface area contributed by atoms with Gasteiger partial charge in [0, 0.05) is 25.2 Å². The zero-order valence-corrected chi connectivity index (χ0v) is 8.75. The summed E-state index contributed by atoms with van der Waals surface area (Å²) in [6.45, 7) is 8.49. The molecule has 0 aliphatic carbocycles. The van der Waals surface area contributed by atoms with Crippen molar-refractivity contribution in [2.45, 2.75) is 25.9 Å². The second-order valence-corrected chi connectivity index (χ2v) is 4.34. The number of rotatable bonds is 2. The van der Waals surface area contributed by atoms with Crippen molar-refractivity contribution < 1.29 is 0 Å². The molecule has 5 heteroatoms. The first kappa shape index (κ1) is 9.61. The first-order valence-electron chi connectivity index (χ1n) is 4.98. The van der Waals surface area contributed by atoms with E-state index in [1.54, 1.807) is 6.33 Å². The Balaban J connectivity index is 2.02. The molecule has 1 aliphatic heterocycles. The second kappa shape index (κ2) is 3.67. The lowest BCUT2D eigenvalue weighted by molar-refractivity contribution is 0.0800. The number of aromatic nitrogens is 3. The third-order valence-electron chi connectivity index (χ3n) is 2.78. The zero-order chi connectivity index (χ0) is 10.0. The van der Waals surface area contributed by atoms with E-state index >= 15 is 0 Å². The van der Waals surface area contributed by atoms with Gasteiger partial charge in [-0.25, -0.2) is 4.98 Å². The van der Waals surface area contributed by atoms with Crippen LogP contribution in [-0.2, 0) is 6.54 Å². The molecule has 2 rings (SSSR count). The number of nitrogens with zero attached hydrogens (tertiary/aromatic N) is 3. The predicted molar refractivity (Wildman–Crippen MR) is 53.7 cm³/mol. The quantitative estimate of drug-likeness (QED) is 0.697. The van der Waals surface area contributed by atoms with Crippen molar-refractivity contribution in [3.63, 3.8) is 0 Å². The van der Waals surface area contributed by atoms with E-state index in [0.717, 1.165) is 32.0 Å². The van der Waals surface area contributed by atoms with E-state index in [9.17, 15) is 0 Å². The molecule has 5 nitrogen and oxygen atoms in total. The SMILES string of the molecule is CC1(C)CNCCN1Cc1ncn[nH]1. The maximum absolute atomic E-state index is 4.15. The maximum Gasteiger partial charge on any atom is 0.138 e. The minimum absolute atomic E-state index is 0.199. The summed E-state index contributed by atoms with van der Waals surface area (Å²) in [6.07, 6.45) is 1.56. The molecule has 78 valence electrons. The molecule has 0 radical (unpaired) electrons. The Morgan fingerprint density at radius 2 is 2.43 bits per heavy atom. The van der Waals surface area contributed by atoms with Gasteiger partial charge in [-0.2, -0.15) is 5.10 Å². The van der Waals surface area contributed by atoms with Crippen molar-refractivity contribution in [2.75, 3.05) is 19.6 Å². The van der Waals surface area contributed by atoms with Crippen LogP contribution < -0.4 is 5.32 Å². The summed E-state index contributed by atoms with van der Waals surface area (Å²) in [5, 5.41) is 10.2. The van der Waals surface area contributed by atoms with E-state index in [-0.39, 0.29) is 5.54 Å². The molecule has 0 aromatic carbocycles. The van der Waals surface area contributed by atoms with Crippen molar-refractivity contribution in [3.8, 4) is 0 Å². The number of H-pyrrole nitrogens is 1. The number of nitrogens with one attached hydrogen (secondary N) is 2. The highest BCUT2D eigenvalue weighted by molar-refractivity contribution is 4.91. The van der Waals surface area contributed by atoms with Crippen molar-refractivity contribution in [2.24, 2.45) is 0 Å². The fourth-order valence-electron chi connectivity index (χ4n) is 1.80. The summed E-state index contributed by atoms with van der Waals surface area (Å²) in [6, 6.07) is 0. The molecule has 1 saturated heterocycles. The van der Waals surface area contributed by atoms with E-state index in [0.29, 0.717) is 0 Å². The van der Waals surface area contributed by atoms with Crippen molar-refractivity contribution in [3.05, 3.63) is 12.2 Å². The molecule has 0 unspecified atom stereocenters. The van der Waals surface area contributed by atoms with Gasteiger partial charge in [0.15, 0.2) is 0 Å². The number of aromatic amines is 1. The van der Waals surface area contributed by atoms with Crippen LogP contribution in [0.4, 0.5) is 0 Å². The Kier molecular flexibility index (Phi) is 2.52. The number of piperazine rings is 1. The minimum atomic E-state index is 0.199. The van der Waals surface area contributed by atoms with Crippen LogP contribution in [-0.4, -0.2) is 45.3 Å². The molecule has 2 N–H and O–H groups in total. The van der Waals surface area contributed by atoms with Gasteiger partial charge >= 0.3 is 0 Å². The third-order valence-corrected chi connectivity index (χ3v) is 2.78. The van der Waals surface area contributed by atoms with Crippen LogP contribution in [0.15, 0.2) is 6.33 Å². The summed E-state index contributed by atoms with van der Waals surface area (Å²) in [5.74, 6) is 0.944. The van der Waals surface area contributed by atoms with Crippen LogP contribution in [0.2, 0.25) is 0 Å². The van der Waals surface area contributed by atoms with Gasteiger partial charge in [0.2, 0.25) is 0 Å². The lowest BCUT2D eigenvalue weighted by Gasteiger charge is -2.42. The zero-order valence-electron chi connectivity index (χ0n) is 8.75. The molecule has 1 aromatic heterocycles. The first-order valence-corrected chi connectivity index (χ1v) is 4.98. The average Bonchev–Trinajstić information content (AvgIpc) is 2.61. The highest BCUT2D eigenvalue weighted by Gasteiger charge is 2.29. The number of hydrogen-bond acceptors (Lipinski definition) is 4. The molecule has 0 saturated carbocycles. The largest absolute Gasteiger partial charge is 0.314 e. The normalized spacial score (nSPS) is 22.4. The molecular weight excluding hydrogens is 178 g/mol. The van der Waals surface area contributed by atoms with Gasteiger partial charge in [-0.1, -0.05) is 0 Å². The van der Waals surface area contributed by atoms with Gasteiger partial charge in [0.1, 0.15) is 12.2 Å². The summed E-state index contributed by atoms with van der Waals surface area (Å²) in [4.78, 5) is 6.57. The topological polar surface area (TPSA) is 56.8 Å². The monoisotopic (exact) mass is 195 g/mol. The van der Waals surface area contributed by atoms with Gasteiger partial charge in [-0.3, -0.25) is 10.00 Å². The van der Waals surface area contributed by atoms with Crippen molar-refractivity contribution >= 4 is 0 Å². The first-order chi connectivity index (χ1) is 6.68. The molecule has 1 fully saturated rings. The van der Waals surface area contributed by atoms with Crippen molar-refractivity contribution in [1.29, 1.82) is 0 Å². The Morgan fingerprint density at radius 1 is 1.57 bits per heavy atom. The fraction of sp³-hybridized carbons (Fsp3) is 0.778. The molecule has 1 aliphatic rings. The highest BCUT2D eigenvalue weighted by atomic mass is 15.3. The lowest BCUT2D eigenvalue weighted by Crippen LogP contribution is -2.57. The predicted octanol–water partition coefficient (Wildman–Crippen LogP) is -0.0115. The molecular formula is C9H17N5. The van der Waals surface area contributed by atoms with E-state index in [1.807, 2.05) is 0 Å². The van der Waals surface area contributed by atoms with Crippen LogP contribution in [0.1, 0.15) is 19.7 Å². The summed E-state index contributed by atoms with van der Waals surface area (Å²) < 4.78 is 0. The molecule has 0 spiro atoms. The summed E-state index contributed by atoms with van der Waals surface area (Å²) in [7, 11) is 0. The number of hydrogen-bond donors (Lipinski definition) is 2. The van der Waals surface area contributed by atoms with Gasteiger partial charge < -0.3 is 5.32 Å². The fourth-order valence-corrected chi connectivity index (χ4v) is 1.80. The standard InChI is InChI=1S/C9H17N5/c1-9(2)6-10-3-4-14(9)5-8-11-7-12-13-8/h7,10H,3-6H2,1-2H3,(H,11,12,13). The van der Waals surface area contributed by atoms with Gasteiger partial charge in [0.05, 0.1) is 6.54 Å². The Hall–Kier alpha value is -0.940. The Bertz CT molecular complexity index is 279. The molecule has 0 bridgehead atoms. The highest BCUT2D eigenvalue weighted by Crippen LogP contribution is 2.17. The Morgan fingerprint density at radius 3 is 3.07 bits per heavy atom. The molecule has 0 atom stereocenters. The second-order valence-electron chi connectivity index (χ2n) is 4.34. The van der Waals surface area contributed by atoms with E-state index in [4.69, 9.17) is 0 Å². The van der Waals surface area contributed by atoms with Crippen LogP contribution in [0.3, 0.4) is 0 Å². The summed E-state index contributed by atoms with van der Waals surface area (Å²) in [5.41, 5.74) is 0.199. The van der Waals surface area contributed by atoms with E-state index < -0.39 is 0 Å². The summed E-state index contributed by atoms with van der Waals surface area (Å²) >= 11 is 0. The minimum Gasteiger partial charge on any atom is -0.314 e. The van der Waals surface area contributed by atoms with E-state index in [1.165, 1.54) is 0 Å². The lowest BCUT2D eigenvalue weighted by atomic mass is 10.0. The van der Waals surface area contributed by atoms with Crippen LogP contribution >= 0.6 is 0 Å². The van der Waals surface area contributed by atoms with E-state index in [2.05, 4.69) is 39.2 Å². The molecule has 1 aromatic rings. The maximum atomic E-state index is 4.15. The van der Waals surface area contributed by atoms with Crippen LogP contribution in [0.25, 0.3) is 0 Å². The third kappa shape index (κ3) is 1.93. The molecule has 2 heterocycles. The Labute approximate surface area is 83.9 Å². The van der Waals surface area contributed by atoms with Gasteiger partial charge in [-0.15, -0.1) is 0 Å².